The molecule has 0 unspecified atom stereocenters. The van der Waals surface area contributed by atoms with E-state index in [1.807, 2.05) is 0 Å². The maximum absolute atomic E-state index is 10.6. The van der Waals surface area contributed by atoms with Crippen molar-refractivity contribution in [2.45, 2.75) is 12.8 Å². The van der Waals surface area contributed by atoms with Gasteiger partial charge in [-0.25, -0.2) is 4.98 Å². The minimum atomic E-state index is -0.908. The largest absolute Gasteiger partial charge is 0.493 e. The van der Waals surface area contributed by atoms with E-state index in [9.17, 15) is 9.59 Å². The Kier molecular flexibility index (Phi) is 8.16. The minimum Gasteiger partial charge on any atom is -0.493 e. The zero-order valence-electron chi connectivity index (χ0n) is 14.5. The molecular formula is C16H20N2O7S. The second-order valence-electron chi connectivity index (χ2n) is 4.85. The lowest BCUT2D eigenvalue weighted by atomic mass is 10.1. The van der Waals surface area contributed by atoms with Crippen LogP contribution in [-0.4, -0.2) is 48.5 Å². The van der Waals surface area contributed by atoms with Gasteiger partial charge in [0.1, 0.15) is 0 Å². The van der Waals surface area contributed by atoms with E-state index in [2.05, 4.69) is 4.98 Å². The molecule has 26 heavy (non-hydrogen) atoms. The Labute approximate surface area is 154 Å². The zero-order valence-corrected chi connectivity index (χ0v) is 15.3. The quantitative estimate of drug-likeness (QED) is 0.650. The number of aromatic nitrogens is 1. The number of carboxylic acid groups (broad SMARTS) is 2. The van der Waals surface area contributed by atoms with Crippen molar-refractivity contribution in [3.8, 4) is 17.2 Å². The SMILES string of the molecule is COc1cc(CC(=O)O)cc(OC)c1OC.Nc1nc(CC(=O)O)cs1. The predicted octanol–water partition coefficient (Wildman–Crippen LogP) is 1.69. The monoisotopic (exact) mass is 384 g/mol. The number of aliphatic carboxylic acids is 2. The molecule has 4 N–H and O–H groups in total. The van der Waals surface area contributed by atoms with Gasteiger partial charge in [-0.15, -0.1) is 11.3 Å². The molecule has 0 bridgehead atoms. The van der Waals surface area contributed by atoms with Crippen LogP contribution in [0.2, 0.25) is 0 Å². The topological polar surface area (TPSA) is 141 Å². The predicted molar refractivity (Wildman–Crippen MR) is 95.3 cm³/mol. The molecule has 9 nitrogen and oxygen atoms in total. The Morgan fingerprint density at radius 3 is 1.92 bits per heavy atom. The smallest absolute Gasteiger partial charge is 0.309 e. The van der Waals surface area contributed by atoms with Gasteiger partial charge in [0.25, 0.3) is 0 Å². The van der Waals surface area contributed by atoms with Crippen LogP contribution in [0.1, 0.15) is 11.3 Å². The van der Waals surface area contributed by atoms with Gasteiger partial charge in [0.15, 0.2) is 16.6 Å². The van der Waals surface area contributed by atoms with Gasteiger partial charge in [-0.1, -0.05) is 0 Å². The molecule has 0 amide bonds. The lowest BCUT2D eigenvalue weighted by Gasteiger charge is -2.13. The molecule has 1 aromatic heterocycles. The van der Waals surface area contributed by atoms with Crippen molar-refractivity contribution in [1.29, 1.82) is 0 Å². The first kappa shape index (κ1) is 21.0. The molecule has 0 saturated heterocycles. The van der Waals surface area contributed by atoms with Gasteiger partial charge in [0.2, 0.25) is 5.75 Å². The van der Waals surface area contributed by atoms with Crippen molar-refractivity contribution in [2.75, 3.05) is 27.1 Å². The highest BCUT2D eigenvalue weighted by molar-refractivity contribution is 7.13. The molecule has 0 aliphatic heterocycles. The fraction of sp³-hybridized carbons (Fsp3) is 0.312. The van der Waals surface area contributed by atoms with Gasteiger partial charge in [-0.3, -0.25) is 9.59 Å². The molecule has 0 saturated carbocycles. The molecule has 1 aromatic carbocycles. The second kappa shape index (κ2) is 10.1. The number of ether oxygens (including phenoxy) is 3. The van der Waals surface area contributed by atoms with Gasteiger partial charge in [0, 0.05) is 5.38 Å². The highest BCUT2D eigenvalue weighted by Gasteiger charge is 2.14. The van der Waals surface area contributed by atoms with E-state index in [0.717, 1.165) is 0 Å². The van der Waals surface area contributed by atoms with E-state index in [1.165, 1.54) is 32.7 Å². The van der Waals surface area contributed by atoms with Crippen molar-refractivity contribution in [2.24, 2.45) is 0 Å². The van der Waals surface area contributed by atoms with E-state index in [1.54, 1.807) is 17.5 Å². The van der Waals surface area contributed by atoms with Crippen LogP contribution in [0.4, 0.5) is 5.13 Å². The van der Waals surface area contributed by atoms with Crippen LogP contribution in [0.3, 0.4) is 0 Å². The number of benzene rings is 1. The molecular weight excluding hydrogens is 364 g/mol. The molecule has 0 aliphatic carbocycles. The summed E-state index contributed by atoms with van der Waals surface area (Å²) in [6.45, 7) is 0. The van der Waals surface area contributed by atoms with Crippen LogP contribution in [0.15, 0.2) is 17.5 Å². The average molecular weight is 384 g/mol. The fourth-order valence-corrected chi connectivity index (χ4v) is 2.53. The van der Waals surface area contributed by atoms with Crippen LogP contribution in [-0.2, 0) is 22.4 Å². The summed E-state index contributed by atoms with van der Waals surface area (Å²) in [6.07, 6.45) is -0.135. The van der Waals surface area contributed by atoms with Gasteiger partial charge >= 0.3 is 11.9 Å². The number of nitrogen functional groups attached to an aromatic ring is 1. The summed E-state index contributed by atoms with van der Waals surface area (Å²) in [5.74, 6) is -0.421. The number of thiazole rings is 1. The van der Waals surface area contributed by atoms with Crippen LogP contribution in [0, 0.1) is 0 Å². The highest BCUT2D eigenvalue weighted by atomic mass is 32.1. The number of hydrogen-bond acceptors (Lipinski definition) is 8. The second-order valence-corrected chi connectivity index (χ2v) is 5.74. The summed E-state index contributed by atoms with van der Waals surface area (Å²) < 4.78 is 15.3. The number of methoxy groups -OCH3 is 3. The number of anilines is 1. The molecule has 0 aliphatic rings. The van der Waals surface area contributed by atoms with Gasteiger partial charge < -0.3 is 30.2 Å². The van der Waals surface area contributed by atoms with E-state index in [4.69, 9.17) is 30.2 Å². The lowest BCUT2D eigenvalue weighted by Crippen LogP contribution is -2.02. The highest BCUT2D eigenvalue weighted by Crippen LogP contribution is 2.38. The third kappa shape index (κ3) is 6.48. The minimum absolute atomic E-state index is 0.0479. The summed E-state index contributed by atoms with van der Waals surface area (Å²) in [7, 11) is 4.47. The Hall–Kier alpha value is -3.01. The summed E-state index contributed by atoms with van der Waals surface area (Å²) in [5, 5.41) is 19.1. The third-order valence-corrected chi connectivity index (χ3v) is 3.70. The van der Waals surface area contributed by atoms with Crippen molar-refractivity contribution in [3.63, 3.8) is 0 Å². The van der Waals surface area contributed by atoms with E-state index in [0.29, 0.717) is 33.6 Å². The van der Waals surface area contributed by atoms with E-state index < -0.39 is 11.9 Å². The summed E-state index contributed by atoms with van der Waals surface area (Å²) in [4.78, 5) is 24.5. The molecule has 0 radical (unpaired) electrons. The van der Waals surface area contributed by atoms with Crippen LogP contribution >= 0.6 is 11.3 Å². The van der Waals surface area contributed by atoms with Crippen molar-refractivity contribution >= 4 is 28.4 Å². The molecule has 10 heteroatoms. The van der Waals surface area contributed by atoms with E-state index in [-0.39, 0.29) is 12.8 Å². The Balaban J connectivity index is 0.000000289. The Morgan fingerprint density at radius 2 is 1.58 bits per heavy atom. The molecule has 0 fully saturated rings. The number of carboxylic acids is 2. The molecule has 2 rings (SSSR count). The fourth-order valence-electron chi connectivity index (χ4n) is 1.97. The first-order chi connectivity index (χ1) is 12.3. The molecule has 2 aromatic rings. The lowest BCUT2D eigenvalue weighted by molar-refractivity contribution is -0.137. The third-order valence-electron chi connectivity index (χ3n) is 2.98. The van der Waals surface area contributed by atoms with Gasteiger partial charge in [0.05, 0.1) is 39.9 Å². The number of rotatable bonds is 7. The average Bonchev–Trinajstić information content (AvgIpc) is 2.98. The van der Waals surface area contributed by atoms with Crippen molar-refractivity contribution in [1.82, 2.24) is 4.98 Å². The van der Waals surface area contributed by atoms with Crippen LogP contribution in [0.25, 0.3) is 0 Å². The first-order valence-electron chi connectivity index (χ1n) is 7.23. The first-order valence-corrected chi connectivity index (χ1v) is 8.11. The maximum atomic E-state index is 10.6. The molecule has 0 spiro atoms. The van der Waals surface area contributed by atoms with Crippen LogP contribution in [0.5, 0.6) is 17.2 Å². The maximum Gasteiger partial charge on any atom is 0.309 e. The number of carbonyl (C=O) groups is 2. The Bertz CT molecular complexity index is 736. The number of nitrogens with zero attached hydrogens (tertiary/aromatic N) is 1. The number of hydrogen-bond donors (Lipinski definition) is 3. The normalized spacial score (nSPS) is 9.65. The molecule has 0 atom stereocenters. The summed E-state index contributed by atoms with van der Waals surface area (Å²) in [6, 6.07) is 3.24. The summed E-state index contributed by atoms with van der Waals surface area (Å²) >= 11 is 1.25. The van der Waals surface area contributed by atoms with E-state index >= 15 is 0 Å². The Morgan fingerprint density at radius 1 is 1.04 bits per heavy atom. The number of nitrogens with two attached hydrogens (primary N) is 1. The van der Waals surface area contributed by atoms with Gasteiger partial charge in [-0.05, 0) is 17.7 Å². The molecule has 1 heterocycles. The van der Waals surface area contributed by atoms with Crippen molar-refractivity contribution < 1.29 is 34.0 Å². The standard InChI is InChI=1S/C11H14O5.C5H6N2O2S/c1-14-8-4-7(6-10(12)13)5-9(15-2)11(8)16-3;6-5-7-3(2-10-5)1-4(8)9/h4-5H,6H2,1-3H3,(H,12,13);2H,1H2,(H2,6,7)(H,8,9). The zero-order chi connectivity index (χ0) is 19.7. The van der Waals surface area contributed by atoms with Gasteiger partial charge in [-0.2, -0.15) is 0 Å². The van der Waals surface area contributed by atoms with Crippen LogP contribution < -0.4 is 19.9 Å². The van der Waals surface area contributed by atoms with Crippen molar-refractivity contribution in [3.05, 3.63) is 28.8 Å². The molecule has 142 valence electrons. The summed E-state index contributed by atoms with van der Waals surface area (Å²) in [5.41, 5.74) is 6.39.